The van der Waals surface area contributed by atoms with Crippen LogP contribution < -0.4 is 11.5 Å². The molecular weight excluding hydrogens is 148 g/mol. The molecule has 1 aromatic heterocycles. The summed E-state index contributed by atoms with van der Waals surface area (Å²) in [4.78, 5) is 14.2. The maximum absolute atomic E-state index is 10.6. The van der Waals surface area contributed by atoms with E-state index in [1.165, 1.54) is 0 Å². The van der Waals surface area contributed by atoms with Crippen molar-refractivity contribution in [2.75, 3.05) is 5.73 Å². The summed E-state index contributed by atoms with van der Waals surface area (Å²) in [6.45, 7) is 1.58. The van der Waals surface area contributed by atoms with Gasteiger partial charge in [0.15, 0.2) is 5.82 Å². The lowest BCUT2D eigenvalue weighted by Gasteiger charge is -1.97. The van der Waals surface area contributed by atoms with Gasteiger partial charge in [0.1, 0.15) is 0 Å². The third-order valence-corrected chi connectivity index (χ3v) is 1.27. The van der Waals surface area contributed by atoms with Gasteiger partial charge in [-0.1, -0.05) is 5.16 Å². The number of hydrogen-bond donors (Lipinski definition) is 2. The highest BCUT2D eigenvalue weighted by atomic mass is 16.5. The molecule has 6 nitrogen and oxygen atoms in total. The predicted octanol–water partition coefficient (Wildman–Crippen LogP) is -0.759. The molecule has 1 amide bonds. The molecule has 0 radical (unpaired) electrons. The molecule has 0 aromatic carbocycles. The Kier molecular flexibility index (Phi) is 1.75. The van der Waals surface area contributed by atoms with E-state index in [-0.39, 0.29) is 11.8 Å². The quantitative estimate of drug-likeness (QED) is 0.585. The Hall–Kier alpha value is -1.59. The summed E-state index contributed by atoms with van der Waals surface area (Å²) in [5, 5.41) is 3.42. The fraction of sp³-hybridized carbons (Fsp3) is 0.400. The van der Waals surface area contributed by atoms with E-state index >= 15 is 0 Å². The van der Waals surface area contributed by atoms with E-state index in [0.29, 0.717) is 0 Å². The fourth-order valence-corrected chi connectivity index (χ4v) is 0.550. The van der Waals surface area contributed by atoms with Gasteiger partial charge in [-0.2, -0.15) is 4.98 Å². The van der Waals surface area contributed by atoms with Crippen LogP contribution in [0.25, 0.3) is 0 Å². The topological polar surface area (TPSA) is 108 Å². The lowest BCUT2D eigenvalue weighted by Crippen LogP contribution is -2.19. The smallest absolute Gasteiger partial charge is 0.318 e. The van der Waals surface area contributed by atoms with E-state index < -0.39 is 11.8 Å². The molecule has 0 aliphatic rings. The maximum Gasteiger partial charge on any atom is 0.318 e. The molecule has 0 saturated carbocycles. The standard InChI is InChI=1S/C5H8N4O2/c1-2(3(6)10)4-8-5(7)11-9-4/h2H,1H3,(H2,6,10)(H2,7,8,9). The Morgan fingerprint density at radius 2 is 2.36 bits per heavy atom. The van der Waals surface area contributed by atoms with Gasteiger partial charge in [0, 0.05) is 0 Å². The fourth-order valence-electron chi connectivity index (χ4n) is 0.550. The first kappa shape index (κ1) is 7.52. The third kappa shape index (κ3) is 1.46. The number of carbonyl (C=O) groups is 1. The summed E-state index contributed by atoms with van der Waals surface area (Å²) in [6, 6.07) is -0.0619. The van der Waals surface area contributed by atoms with Gasteiger partial charge >= 0.3 is 6.01 Å². The lowest BCUT2D eigenvalue weighted by atomic mass is 10.1. The van der Waals surface area contributed by atoms with E-state index in [4.69, 9.17) is 11.5 Å². The van der Waals surface area contributed by atoms with Crippen LogP contribution in [0.2, 0.25) is 0 Å². The van der Waals surface area contributed by atoms with Crippen LogP contribution in [0.4, 0.5) is 6.01 Å². The van der Waals surface area contributed by atoms with E-state index in [1.807, 2.05) is 0 Å². The molecule has 1 heterocycles. The van der Waals surface area contributed by atoms with Crippen molar-refractivity contribution in [3.05, 3.63) is 5.82 Å². The number of nitrogens with zero attached hydrogens (tertiary/aromatic N) is 2. The predicted molar refractivity (Wildman–Crippen MR) is 36.3 cm³/mol. The molecule has 0 saturated heterocycles. The number of rotatable bonds is 2. The van der Waals surface area contributed by atoms with Crippen molar-refractivity contribution in [3.63, 3.8) is 0 Å². The first-order valence-electron chi connectivity index (χ1n) is 2.99. The summed E-state index contributed by atoms with van der Waals surface area (Å²) in [5.74, 6) is -0.850. The molecule has 1 rings (SSSR count). The van der Waals surface area contributed by atoms with E-state index in [2.05, 4.69) is 14.7 Å². The molecule has 11 heavy (non-hydrogen) atoms. The van der Waals surface area contributed by atoms with Crippen LogP contribution in [-0.2, 0) is 4.79 Å². The normalized spacial score (nSPS) is 12.8. The number of nitrogen functional groups attached to an aromatic ring is 1. The van der Waals surface area contributed by atoms with Crippen LogP contribution in [0, 0.1) is 0 Å². The van der Waals surface area contributed by atoms with Gasteiger partial charge in [-0.25, -0.2) is 0 Å². The molecule has 0 aliphatic carbocycles. The van der Waals surface area contributed by atoms with Gasteiger partial charge in [0.05, 0.1) is 5.92 Å². The molecular formula is C5H8N4O2. The van der Waals surface area contributed by atoms with Crippen molar-refractivity contribution in [1.82, 2.24) is 10.1 Å². The zero-order chi connectivity index (χ0) is 8.43. The second kappa shape index (κ2) is 2.57. The van der Waals surface area contributed by atoms with Gasteiger partial charge in [-0.15, -0.1) is 0 Å². The maximum atomic E-state index is 10.6. The molecule has 1 unspecified atom stereocenters. The molecule has 0 spiro atoms. The summed E-state index contributed by atoms with van der Waals surface area (Å²) < 4.78 is 4.44. The Morgan fingerprint density at radius 1 is 1.73 bits per heavy atom. The minimum absolute atomic E-state index is 0.0619. The van der Waals surface area contributed by atoms with Crippen LogP contribution >= 0.6 is 0 Å². The highest BCUT2D eigenvalue weighted by Gasteiger charge is 2.17. The van der Waals surface area contributed by atoms with E-state index in [9.17, 15) is 4.79 Å². The second-order valence-corrected chi connectivity index (χ2v) is 2.11. The molecule has 6 heteroatoms. The number of amides is 1. The highest BCUT2D eigenvalue weighted by molar-refractivity contribution is 5.80. The molecule has 1 aromatic rings. The largest absolute Gasteiger partial charge is 0.369 e. The Balaban J connectivity index is 2.84. The zero-order valence-electron chi connectivity index (χ0n) is 5.94. The Labute approximate surface area is 62.6 Å². The number of carbonyl (C=O) groups excluding carboxylic acids is 1. The first-order valence-corrected chi connectivity index (χ1v) is 2.99. The van der Waals surface area contributed by atoms with Crippen molar-refractivity contribution < 1.29 is 9.32 Å². The minimum atomic E-state index is -0.559. The molecule has 60 valence electrons. The Morgan fingerprint density at radius 3 is 2.73 bits per heavy atom. The Bertz CT molecular complexity index is 269. The molecule has 0 bridgehead atoms. The average Bonchev–Trinajstić information content (AvgIpc) is 2.34. The van der Waals surface area contributed by atoms with Crippen molar-refractivity contribution in [1.29, 1.82) is 0 Å². The monoisotopic (exact) mass is 156 g/mol. The van der Waals surface area contributed by atoms with Gasteiger partial charge in [0.2, 0.25) is 5.91 Å². The number of hydrogen-bond acceptors (Lipinski definition) is 5. The van der Waals surface area contributed by atoms with Crippen LogP contribution in [-0.4, -0.2) is 16.0 Å². The summed E-state index contributed by atoms with van der Waals surface area (Å²) in [7, 11) is 0. The number of aromatic nitrogens is 2. The first-order chi connectivity index (χ1) is 5.11. The highest BCUT2D eigenvalue weighted by Crippen LogP contribution is 2.10. The third-order valence-electron chi connectivity index (χ3n) is 1.27. The van der Waals surface area contributed by atoms with Gasteiger partial charge < -0.3 is 16.0 Å². The molecule has 1 atom stereocenters. The van der Waals surface area contributed by atoms with Gasteiger partial charge in [-0.3, -0.25) is 4.79 Å². The van der Waals surface area contributed by atoms with Crippen molar-refractivity contribution in [2.45, 2.75) is 12.8 Å². The second-order valence-electron chi connectivity index (χ2n) is 2.11. The number of primary amides is 1. The lowest BCUT2D eigenvalue weighted by molar-refractivity contribution is -0.119. The summed E-state index contributed by atoms with van der Waals surface area (Å²) in [5.41, 5.74) is 10.1. The van der Waals surface area contributed by atoms with Gasteiger partial charge in [0.25, 0.3) is 0 Å². The van der Waals surface area contributed by atoms with Crippen molar-refractivity contribution >= 4 is 11.9 Å². The summed E-state index contributed by atoms with van der Waals surface area (Å²) in [6.07, 6.45) is 0. The average molecular weight is 156 g/mol. The SMILES string of the molecule is CC(C(N)=O)c1noc(N)n1. The van der Waals surface area contributed by atoms with Crippen LogP contribution in [0.5, 0.6) is 0 Å². The van der Waals surface area contributed by atoms with Crippen LogP contribution in [0.3, 0.4) is 0 Å². The molecule has 4 N–H and O–H groups in total. The number of anilines is 1. The van der Waals surface area contributed by atoms with Crippen molar-refractivity contribution in [3.8, 4) is 0 Å². The minimum Gasteiger partial charge on any atom is -0.369 e. The van der Waals surface area contributed by atoms with Crippen molar-refractivity contribution in [2.24, 2.45) is 5.73 Å². The van der Waals surface area contributed by atoms with Gasteiger partial charge in [-0.05, 0) is 6.92 Å². The van der Waals surface area contributed by atoms with E-state index in [1.54, 1.807) is 6.92 Å². The molecule has 0 fully saturated rings. The number of nitrogens with two attached hydrogens (primary N) is 2. The van der Waals surface area contributed by atoms with E-state index in [0.717, 1.165) is 0 Å². The molecule has 0 aliphatic heterocycles. The van der Waals surface area contributed by atoms with Crippen LogP contribution in [0.15, 0.2) is 4.52 Å². The zero-order valence-corrected chi connectivity index (χ0v) is 5.94. The van der Waals surface area contributed by atoms with Crippen LogP contribution in [0.1, 0.15) is 18.7 Å². The summed E-state index contributed by atoms with van der Waals surface area (Å²) >= 11 is 0.